The Hall–Kier alpha value is -1.92. The number of carboxylic acids is 1. The number of fused-ring (bicyclic) bond motifs is 2. The Morgan fingerprint density at radius 3 is 2.67 bits per heavy atom. The van der Waals surface area contributed by atoms with E-state index in [0.717, 1.165) is 24.8 Å². The van der Waals surface area contributed by atoms with Crippen LogP contribution in [0.3, 0.4) is 0 Å². The zero-order valence-corrected chi connectivity index (χ0v) is 18.6. The summed E-state index contributed by atoms with van der Waals surface area (Å²) in [6.45, 7) is 4.71. The monoisotopic (exact) mass is 431 g/mol. The van der Waals surface area contributed by atoms with Gasteiger partial charge in [0.25, 0.3) is 11.3 Å². The maximum atomic E-state index is 12.5. The summed E-state index contributed by atoms with van der Waals surface area (Å²) in [5.41, 5.74) is 1.34. The lowest BCUT2D eigenvalue weighted by molar-refractivity contribution is -0.136. The molecule has 0 amide bonds. The second kappa shape index (κ2) is 10.4. The van der Waals surface area contributed by atoms with E-state index < -0.39 is 17.2 Å². The molecule has 1 aromatic carbocycles. The molecular weight excluding hydrogens is 398 g/mol. The summed E-state index contributed by atoms with van der Waals surface area (Å²) in [5.74, 6) is 0.972. The Morgan fingerprint density at radius 1 is 1.23 bits per heavy atom. The van der Waals surface area contributed by atoms with Crippen LogP contribution in [0.2, 0.25) is 0 Å². The molecule has 164 valence electrons. The summed E-state index contributed by atoms with van der Waals surface area (Å²) in [4.78, 5) is 10.6. The van der Waals surface area contributed by atoms with Crippen LogP contribution in [0.1, 0.15) is 57.9 Å². The summed E-state index contributed by atoms with van der Waals surface area (Å²) in [6, 6.07) is 9.96. The zero-order chi connectivity index (χ0) is 21.6. The number of carboxylic acid groups (broad SMARTS) is 1. The molecule has 0 saturated heterocycles. The highest BCUT2D eigenvalue weighted by molar-refractivity contribution is 7.78. The molecule has 0 aliphatic heterocycles. The van der Waals surface area contributed by atoms with Crippen molar-refractivity contribution in [2.24, 2.45) is 23.2 Å². The Kier molecular flexibility index (Phi) is 7.89. The predicted octanol–water partition coefficient (Wildman–Crippen LogP) is 5.09. The number of aliphatic carboxylic acids is 1. The van der Waals surface area contributed by atoms with E-state index in [9.17, 15) is 9.00 Å². The highest BCUT2D eigenvalue weighted by Crippen LogP contribution is 2.62. The van der Waals surface area contributed by atoms with Crippen LogP contribution in [0.4, 0.5) is 0 Å². The molecule has 5 nitrogen and oxygen atoms in total. The Labute approximate surface area is 182 Å². The summed E-state index contributed by atoms with van der Waals surface area (Å²) in [5, 5.41) is 8.73. The van der Waals surface area contributed by atoms with Gasteiger partial charge in [-0.05, 0) is 66.9 Å². The fourth-order valence-electron chi connectivity index (χ4n) is 5.09. The lowest BCUT2D eigenvalue weighted by Crippen LogP contribution is -2.60. The number of carbonyl (C=O) groups is 1. The Morgan fingerprint density at radius 2 is 1.97 bits per heavy atom. The first-order chi connectivity index (χ1) is 14.4. The Bertz CT molecular complexity index is 790. The second-order valence-electron chi connectivity index (χ2n) is 9.01. The van der Waals surface area contributed by atoms with Gasteiger partial charge in [-0.3, -0.25) is 4.79 Å². The number of allylic oxidation sites excluding steroid dienone is 2. The van der Waals surface area contributed by atoms with Crippen molar-refractivity contribution in [3.63, 3.8) is 0 Å². The standard InChI is InChI=1S/C24H33NO4S/c1-24(2)19-16-21(24)20(12-8-3-4-9-13-23(26)27)22(17-19)25-30(28)29-15-14-18-10-6-5-7-11-18/h3-7,10-11,14-15,19-22,25H,8-9,12-13,16-17H2,1-2H3,(H,26,27)/t19-,20?,21+,22?,30?/m1/s1. The SMILES string of the molecule is CC1(C)[C@H]2CC(NS(=O)OC=Cc3ccccc3)C(CCC=CCCC(=O)O)[C@@H]1C2. The van der Waals surface area contributed by atoms with Crippen molar-refractivity contribution in [2.75, 3.05) is 0 Å². The van der Waals surface area contributed by atoms with Crippen LogP contribution < -0.4 is 4.72 Å². The molecule has 0 spiro atoms. The lowest BCUT2D eigenvalue weighted by atomic mass is 9.44. The Balaban J connectivity index is 1.52. The minimum absolute atomic E-state index is 0.175. The van der Waals surface area contributed by atoms with Gasteiger partial charge in [-0.2, -0.15) is 4.21 Å². The minimum atomic E-state index is -1.57. The quantitative estimate of drug-likeness (QED) is 0.378. The lowest BCUT2D eigenvalue weighted by Gasteiger charge is -2.62. The molecule has 4 rings (SSSR count). The smallest absolute Gasteiger partial charge is 0.303 e. The molecule has 3 fully saturated rings. The van der Waals surface area contributed by atoms with E-state index in [2.05, 4.69) is 24.6 Å². The van der Waals surface area contributed by atoms with Crippen molar-refractivity contribution in [1.29, 1.82) is 0 Å². The minimum Gasteiger partial charge on any atom is -0.481 e. The van der Waals surface area contributed by atoms with Gasteiger partial charge in [0.1, 0.15) is 6.26 Å². The van der Waals surface area contributed by atoms with Gasteiger partial charge >= 0.3 is 5.97 Å². The van der Waals surface area contributed by atoms with Crippen LogP contribution in [0.15, 0.2) is 48.7 Å². The average Bonchev–Trinajstić information content (AvgIpc) is 2.71. The van der Waals surface area contributed by atoms with E-state index in [-0.39, 0.29) is 12.5 Å². The van der Waals surface area contributed by atoms with Crippen LogP contribution in [0.5, 0.6) is 0 Å². The van der Waals surface area contributed by atoms with Gasteiger partial charge in [-0.1, -0.05) is 56.3 Å². The van der Waals surface area contributed by atoms with E-state index in [1.54, 1.807) is 6.08 Å². The molecule has 3 saturated carbocycles. The first-order valence-corrected chi connectivity index (χ1v) is 11.9. The van der Waals surface area contributed by atoms with E-state index in [1.807, 2.05) is 36.4 Å². The van der Waals surface area contributed by atoms with Gasteiger partial charge in [0.2, 0.25) is 0 Å². The van der Waals surface area contributed by atoms with Crippen LogP contribution in [0.25, 0.3) is 6.08 Å². The molecule has 0 aromatic heterocycles. The maximum absolute atomic E-state index is 12.5. The van der Waals surface area contributed by atoms with Crippen molar-refractivity contribution >= 4 is 23.3 Å². The zero-order valence-electron chi connectivity index (χ0n) is 17.8. The molecule has 2 bridgehead atoms. The van der Waals surface area contributed by atoms with Crippen molar-refractivity contribution in [3.8, 4) is 0 Å². The number of nitrogens with one attached hydrogen (secondary N) is 1. The van der Waals surface area contributed by atoms with Crippen molar-refractivity contribution in [1.82, 2.24) is 4.72 Å². The van der Waals surface area contributed by atoms with Gasteiger partial charge in [0.05, 0.1) is 0 Å². The molecule has 5 atom stereocenters. The van der Waals surface area contributed by atoms with Crippen molar-refractivity contribution < 1.29 is 18.3 Å². The number of rotatable bonds is 11. The summed E-state index contributed by atoms with van der Waals surface area (Å²) < 4.78 is 21.1. The maximum Gasteiger partial charge on any atom is 0.303 e. The molecule has 30 heavy (non-hydrogen) atoms. The largest absolute Gasteiger partial charge is 0.481 e. The molecule has 6 heteroatoms. The molecule has 1 aromatic rings. The summed E-state index contributed by atoms with van der Waals surface area (Å²) in [7, 11) is 0. The number of hydrogen-bond acceptors (Lipinski definition) is 3. The van der Waals surface area contributed by atoms with Crippen LogP contribution >= 0.6 is 0 Å². The predicted molar refractivity (Wildman–Crippen MR) is 120 cm³/mol. The molecule has 2 N–H and O–H groups in total. The first-order valence-electron chi connectivity index (χ1n) is 10.8. The van der Waals surface area contributed by atoms with Gasteiger partial charge < -0.3 is 9.29 Å². The van der Waals surface area contributed by atoms with Crippen LogP contribution in [0, 0.1) is 23.2 Å². The fourth-order valence-corrected chi connectivity index (χ4v) is 5.82. The molecule has 3 aliphatic carbocycles. The van der Waals surface area contributed by atoms with E-state index >= 15 is 0 Å². The second-order valence-corrected chi connectivity index (χ2v) is 9.91. The molecule has 0 radical (unpaired) electrons. The highest BCUT2D eigenvalue weighted by atomic mass is 32.2. The van der Waals surface area contributed by atoms with Crippen molar-refractivity contribution in [3.05, 3.63) is 54.3 Å². The van der Waals surface area contributed by atoms with Gasteiger partial charge in [-0.15, -0.1) is 0 Å². The fraction of sp³-hybridized carbons (Fsp3) is 0.542. The van der Waals surface area contributed by atoms with Crippen molar-refractivity contribution in [2.45, 2.75) is 58.4 Å². The normalized spacial score (nSPS) is 28.3. The van der Waals surface area contributed by atoms with Crippen LogP contribution in [-0.4, -0.2) is 21.3 Å². The topological polar surface area (TPSA) is 75.6 Å². The molecule has 3 aliphatic rings. The molecule has 0 heterocycles. The van der Waals surface area contributed by atoms with Crippen LogP contribution in [-0.2, 0) is 20.2 Å². The number of hydrogen-bond donors (Lipinski definition) is 2. The molecule has 3 unspecified atom stereocenters. The van der Waals surface area contributed by atoms with E-state index in [0.29, 0.717) is 29.6 Å². The van der Waals surface area contributed by atoms with Gasteiger partial charge in [0.15, 0.2) is 0 Å². The third-order valence-electron chi connectivity index (χ3n) is 6.93. The summed E-state index contributed by atoms with van der Waals surface area (Å²) in [6.07, 6.45) is 12.3. The molecular formula is C24H33NO4S. The summed E-state index contributed by atoms with van der Waals surface area (Å²) >= 11 is -1.57. The third-order valence-corrected chi connectivity index (χ3v) is 7.71. The van der Waals surface area contributed by atoms with E-state index in [4.69, 9.17) is 9.29 Å². The number of benzene rings is 1. The van der Waals surface area contributed by atoms with Gasteiger partial charge in [-0.25, -0.2) is 4.72 Å². The first kappa shape index (κ1) is 22.8. The van der Waals surface area contributed by atoms with E-state index in [1.165, 1.54) is 12.7 Å². The third kappa shape index (κ3) is 5.82. The highest BCUT2D eigenvalue weighted by Gasteiger charge is 2.57. The van der Waals surface area contributed by atoms with Gasteiger partial charge in [0, 0.05) is 12.5 Å². The average molecular weight is 432 g/mol.